The summed E-state index contributed by atoms with van der Waals surface area (Å²) < 4.78 is 0. The predicted molar refractivity (Wildman–Crippen MR) is 151 cm³/mol. The number of carbonyl (C=O) groups is 2. The molecule has 0 bridgehead atoms. The maximum Gasteiger partial charge on any atom is 0.228 e. The zero-order chi connectivity index (χ0) is 25.9. The van der Waals surface area contributed by atoms with Gasteiger partial charge in [-0.2, -0.15) is 11.8 Å². The van der Waals surface area contributed by atoms with Gasteiger partial charge in [0, 0.05) is 23.2 Å². The van der Waals surface area contributed by atoms with Gasteiger partial charge >= 0.3 is 0 Å². The molecule has 0 fully saturated rings. The molecule has 2 atom stereocenters. The Kier molecular flexibility index (Phi) is 16.1. The molecule has 0 heterocycles. The molecule has 0 radical (unpaired) electrons. The molecule has 0 aromatic heterocycles. The molecule has 0 saturated carbocycles. The van der Waals surface area contributed by atoms with Crippen molar-refractivity contribution in [1.82, 2.24) is 16.2 Å². The number of thioether (sulfide) groups is 1. The highest BCUT2D eigenvalue weighted by atomic mass is 32.2. The van der Waals surface area contributed by atoms with E-state index in [9.17, 15) is 9.59 Å². The van der Waals surface area contributed by atoms with E-state index in [1.54, 1.807) is 17.8 Å². The third-order valence-electron chi connectivity index (χ3n) is 5.41. The van der Waals surface area contributed by atoms with Crippen LogP contribution in [0, 0.1) is 0 Å². The summed E-state index contributed by atoms with van der Waals surface area (Å²) in [5.41, 5.74) is 10.3. The SMILES string of the molecule is C=CCC(C(=O)NC(C)CSC/C=C(/CC/C=C(\C)CCC=C(C)C)NNC=O)c1ccccc1. The Morgan fingerprint density at radius 3 is 2.43 bits per heavy atom. The predicted octanol–water partition coefficient (Wildman–Crippen LogP) is 6.19. The highest BCUT2D eigenvalue weighted by molar-refractivity contribution is 7.99. The van der Waals surface area contributed by atoms with Crippen LogP contribution < -0.4 is 16.2 Å². The lowest BCUT2D eigenvalue weighted by Gasteiger charge is -2.19. The number of nitrogens with one attached hydrogen (secondary N) is 3. The first-order valence-corrected chi connectivity index (χ1v) is 13.5. The van der Waals surface area contributed by atoms with Gasteiger partial charge in [-0.05, 0) is 65.4 Å². The fourth-order valence-corrected chi connectivity index (χ4v) is 4.43. The van der Waals surface area contributed by atoms with Crippen LogP contribution in [0.5, 0.6) is 0 Å². The van der Waals surface area contributed by atoms with Gasteiger partial charge < -0.3 is 10.7 Å². The highest BCUT2D eigenvalue weighted by Crippen LogP contribution is 2.20. The second-order valence-corrected chi connectivity index (χ2v) is 10.0. The lowest BCUT2D eigenvalue weighted by atomic mass is 9.94. The van der Waals surface area contributed by atoms with Crippen molar-refractivity contribution in [2.75, 3.05) is 11.5 Å². The van der Waals surface area contributed by atoms with Gasteiger partial charge in [-0.15, -0.1) is 6.58 Å². The Morgan fingerprint density at radius 2 is 1.77 bits per heavy atom. The van der Waals surface area contributed by atoms with Crippen LogP contribution in [-0.4, -0.2) is 29.9 Å². The second kappa shape index (κ2) is 18.6. The summed E-state index contributed by atoms with van der Waals surface area (Å²) in [5, 5.41) is 3.14. The number of allylic oxidation sites excluding steroid dienone is 6. The first-order chi connectivity index (χ1) is 16.9. The number of amides is 2. The topological polar surface area (TPSA) is 70.2 Å². The molecule has 0 aliphatic carbocycles. The summed E-state index contributed by atoms with van der Waals surface area (Å²) in [6.45, 7) is 12.3. The Hall–Kier alpha value is -2.73. The molecular weight excluding hydrogens is 454 g/mol. The summed E-state index contributed by atoms with van der Waals surface area (Å²) in [6, 6.07) is 9.89. The molecule has 2 amide bonds. The molecule has 5 nitrogen and oxygen atoms in total. The Morgan fingerprint density at radius 1 is 1.06 bits per heavy atom. The van der Waals surface area contributed by atoms with Gasteiger partial charge in [0.15, 0.2) is 0 Å². The third kappa shape index (κ3) is 14.3. The van der Waals surface area contributed by atoms with Crippen molar-refractivity contribution in [3.05, 3.63) is 83.6 Å². The molecule has 192 valence electrons. The van der Waals surface area contributed by atoms with Gasteiger partial charge in [-0.25, -0.2) is 0 Å². The molecule has 1 aromatic carbocycles. The van der Waals surface area contributed by atoms with Crippen molar-refractivity contribution in [2.45, 2.75) is 71.8 Å². The van der Waals surface area contributed by atoms with E-state index in [0.29, 0.717) is 12.8 Å². The van der Waals surface area contributed by atoms with Crippen LogP contribution in [0.2, 0.25) is 0 Å². The van der Waals surface area contributed by atoms with Crippen molar-refractivity contribution in [2.24, 2.45) is 0 Å². The molecule has 6 heteroatoms. The van der Waals surface area contributed by atoms with E-state index in [-0.39, 0.29) is 17.9 Å². The number of rotatable bonds is 18. The molecule has 3 N–H and O–H groups in total. The molecule has 1 rings (SSSR count). The number of benzene rings is 1. The Balaban J connectivity index is 2.50. The summed E-state index contributed by atoms with van der Waals surface area (Å²) in [5.74, 6) is 1.41. The van der Waals surface area contributed by atoms with Crippen molar-refractivity contribution < 1.29 is 9.59 Å². The Labute approximate surface area is 216 Å². The summed E-state index contributed by atoms with van der Waals surface area (Å²) in [6.07, 6.45) is 13.6. The van der Waals surface area contributed by atoms with Crippen molar-refractivity contribution in [1.29, 1.82) is 0 Å². The van der Waals surface area contributed by atoms with Gasteiger partial charge in [-0.1, -0.05) is 65.8 Å². The van der Waals surface area contributed by atoms with Crippen molar-refractivity contribution in [3.8, 4) is 0 Å². The smallest absolute Gasteiger partial charge is 0.228 e. The molecular formula is C29H43N3O2S. The maximum atomic E-state index is 12.8. The van der Waals surface area contributed by atoms with Crippen LogP contribution in [0.1, 0.15) is 71.3 Å². The third-order valence-corrected chi connectivity index (χ3v) is 6.55. The molecule has 0 saturated heterocycles. The number of carbonyl (C=O) groups excluding carboxylic acids is 2. The number of hydrogen-bond acceptors (Lipinski definition) is 4. The largest absolute Gasteiger partial charge is 0.352 e. The zero-order valence-electron chi connectivity index (χ0n) is 21.8. The van der Waals surface area contributed by atoms with Crippen molar-refractivity contribution >= 4 is 24.1 Å². The maximum absolute atomic E-state index is 12.8. The van der Waals surface area contributed by atoms with Gasteiger partial charge in [-0.3, -0.25) is 15.0 Å². The lowest BCUT2D eigenvalue weighted by Crippen LogP contribution is -2.37. The zero-order valence-corrected chi connectivity index (χ0v) is 22.6. The number of hydrogen-bond donors (Lipinski definition) is 3. The summed E-state index contributed by atoms with van der Waals surface area (Å²) in [7, 11) is 0. The van der Waals surface area contributed by atoms with Crippen molar-refractivity contribution in [3.63, 3.8) is 0 Å². The van der Waals surface area contributed by atoms with Crippen LogP contribution in [-0.2, 0) is 9.59 Å². The number of hydrazine groups is 1. The fraction of sp³-hybridized carbons (Fsp3) is 0.448. The van der Waals surface area contributed by atoms with Gasteiger partial charge in [0.25, 0.3) is 0 Å². The quantitative estimate of drug-likeness (QED) is 0.0978. The molecule has 0 aliphatic rings. The molecule has 0 spiro atoms. The molecule has 2 unspecified atom stereocenters. The first-order valence-electron chi connectivity index (χ1n) is 12.3. The fourth-order valence-electron chi connectivity index (χ4n) is 3.54. The molecule has 1 aromatic rings. The normalized spacial score (nSPS) is 13.4. The van der Waals surface area contributed by atoms with Gasteiger partial charge in [0.2, 0.25) is 12.3 Å². The summed E-state index contributed by atoms with van der Waals surface area (Å²) >= 11 is 1.75. The van der Waals surface area contributed by atoms with E-state index in [0.717, 1.165) is 48.4 Å². The van der Waals surface area contributed by atoms with E-state index >= 15 is 0 Å². The minimum atomic E-state index is -0.218. The van der Waals surface area contributed by atoms with E-state index in [1.165, 1.54) is 11.1 Å². The highest BCUT2D eigenvalue weighted by Gasteiger charge is 2.20. The van der Waals surface area contributed by atoms with E-state index in [1.807, 2.05) is 37.3 Å². The standard InChI is InChI=1S/C29H43N3O2S/c1-6-12-28(26-16-8-7-9-17-26)29(34)31-25(5)21-35-20-19-27(32-30-22-33)18-11-15-24(4)14-10-13-23(2)3/h6-9,13,15-17,19,22,25,28,32H,1,10-12,14,18,20-21H2,2-5H3,(H,30,33)(H,31,34)/b24-15+,27-19-. The second-order valence-electron chi connectivity index (χ2n) is 8.96. The minimum Gasteiger partial charge on any atom is -0.352 e. The van der Waals surface area contributed by atoms with Gasteiger partial charge in [0.1, 0.15) is 0 Å². The van der Waals surface area contributed by atoms with Gasteiger partial charge in [0.05, 0.1) is 5.92 Å². The van der Waals surface area contributed by atoms with Crippen LogP contribution in [0.4, 0.5) is 0 Å². The Bertz CT molecular complexity index is 858. The van der Waals surface area contributed by atoms with Crippen LogP contribution in [0.15, 0.2) is 78.1 Å². The average molecular weight is 498 g/mol. The van der Waals surface area contributed by atoms with Crippen LogP contribution in [0.25, 0.3) is 0 Å². The monoisotopic (exact) mass is 497 g/mol. The van der Waals surface area contributed by atoms with E-state index in [4.69, 9.17) is 0 Å². The minimum absolute atomic E-state index is 0.0315. The van der Waals surface area contributed by atoms with Crippen LogP contribution >= 0.6 is 11.8 Å². The first kappa shape index (κ1) is 30.3. The van der Waals surface area contributed by atoms with E-state index in [2.05, 4.69) is 61.7 Å². The van der Waals surface area contributed by atoms with Crippen LogP contribution in [0.3, 0.4) is 0 Å². The lowest BCUT2D eigenvalue weighted by molar-refractivity contribution is -0.123. The average Bonchev–Trinajstić information content (AvgIpc) is 2.83. The van der Waals surface area contributed by atoms with E-state index < -0.39 is 0 Å². The summed E-state index contributed by atoms with van der Waals surface area (Å²) in [4.78, 5) is 23.6. The molecule has 0 aliphatic heterocycles. The molecule has 35 heavy (non-hydrogen) atoms.